The lowest BCUT2D eigenvalue weighted by Crippen LogP contribution is -1.22. The molecule has 0 N–H and O–H groups in total. The second kappa shape index (κ2) is 23.4. The van der Waals surface area contributed by atoms with Gasteiger partial charge in [-0.25, -0.2) is 0 Å². The Kier molecular flexibility index (Phi) is 35.6. The van der Waals surface area contributed by atoms with Crippen molar-refractivity contribution in [2.75, 3.05) is 0 Å². The zero-order valence-electron chi connectivity index (χ0n) is 2.48. The molecule has 0 aliphatic carbocycles. The van der Waals surface area contributed by atoms with Crippen LogP contribution in [0.15, 0.2) is 0 Å². The highest BCUT2D eigenvalue weighted by Gasteiger charge is 1.49. The highest BCUT2D eigenvalue weighted by molar-refractivity contribution is 7.89. The van der Waals surface area contributed by atoms with Crippen LogP contribution in [0.25, 0.3) is 0 Å². The first-order chi connectivity index (χ1) is 2.83. The Morgan fingerprint density at radius 2 is 1.33 bits per heavy atom. The van der Waals surface area contributed by atoms with E-state index in [1.54, 1.807) is 0 Å². The van der Waals surface area contributed by atoms with Gasteiger partial charge in [0.25, 0.3) is 12.5 Å². The smallest absolute Gasteiger partial charge is 0.186 e. The number of rotatable bonds is 0. The van der Waals surface area contributed by atoms with Crippen LogP contribution in [0.1, 0.15) is 0 Å². The molecule has 0 bridgehead atoms. The molecule has 0 saturated carbocycles. The summed E-state index contributed by atoms with van der Waals surface area (Å²) >= 11 is -1.25. The molecule has 0 fully saturated rings. The molecule has 0 aromatic heterocycles. The van der Waals surface area contributed by atoms with E-state index in [-0.39, 0.29) is 6.15 Å². The molecule has 0 unspecified atom stereocenters. The Bertz CT molecular complexity index is 40.8. The van der Waals surface area contributed by atoms with Crippen molar-refractivity contribution in [2.45, 2.75) is 0 Å². The molecule has 5 heteroatoms. The zero-order chi connectivity index (χ0) is 5.41. The number of carbonyl (C=O) groups excluding carboxylic acids is 2. The fraction of sp³-hybridized carbons (Fsp3) is 0. The molecule has 0 spiro atoms. The Labute approximate surface area is 37.1 Å². The average Bonchev–Trinajstić information content (AvgIpc) is 1.39. The molecule has 0 aromatic carbocycles. The highest BCUT2D eigenvalue weighted by Crippen LogP contribution is 1.95. The summed E-state index contributed by atoms with van der Waals surface area (Å²) in [5, 5.41) is 0. The molecule has 2 nitrogen and oxygen atoms in total. The maximum atomic E-state index is 9.54. The van der Waals surface area contributed by atoms with Crippen molar-refractivity contribution in [3.05, 3.63) is 0 Å². The molecule has 0 saturated heterocycles. The van der Waals surface area contributed by atoms with Gasteiger partial charge in [0.1, 0.15) is 0 Å². The third kappa shape index (κ3) is 143. The zero-order valence-corrected chi connectivity index (χ0v) is 3.30. The monoisotopic (exact) mass is 114 g/mol. The van der Waals surface area contributed by atoms with Crippen molar-refractivity contribution in [3.8, 4) is 0 Å². The summed E-state index contributed by atoms with van der Waals surface area (Å²) in [4.78, 5) is 16.2. The highest BCUT2D eigenvalue weighted by atomic mass is 32.2. The van der Waals surface area contributed by atoms with Gasteiger partial charge in [-0.2, -0.15) is 9.59 Å². The molecule has 0 atom stereocenters. The van der Waals surface area contributed by atoms with E-state index < -0.39 is 12.5 Å². The third-order valence-corrected chi connectivity index (χ3v) is 0. The summed E-state index contributed by atoms with van der Waals surface area (Å²) in [5.74, 6) is 0. The van der Waals surface area contributed by atoms with Crippen molar-refractivity contribution in [1.82, 2.24) is 0 Å². The molecule has 0 amide bonds. The molecule has 0 aromatic rings. The van der Waals surface area contributed by atoms with Gasteiger partial charge in [0.05, 0.1) is 0 Å². The van der Waals surface area contributed by atoms with E-state index in [1.165, 1.54) is 0 Å². The van der Waals surface area contributed by atoms with Crippen molar-refractivity contribution >= 4 is 18.7 Å². The van der Waals surface area contributed by atoms with E-state index in [4.69, 9.17) is 9.59 Å². The lowest BCUT2D eigenvalue weighted by atomic mass is 11.8. The van der Waals surface area contributed by atoms with Crippen LogP contribution in [-0.4, -0.2) is 6.15 Å². The molecule has 0 heterocycles. The van der Waals surface area contributed by atoms with E-state index in [9.17, 15) is 7.77 Å². The van der Waals surface area contributed by atoms with Gasteiger partial charge in [-0.3, -0.25) is 0 Å². The fourth-order valence-electron chi connectivity index (χ4n) is 0. The van der Waals surface area contributed by atoms with E-state index >= 15 is 0 Å². The summed E-state index contributed by atoms with van der Waals surface area (Å²) in [5.41, 5.74) is 0. The summed E-state index contributed by atoms with van der Waals surface area (Å²) < 4.78 is 19.1. The first-order valence-corrected chi connectivity index (χ1v) is 1.33. The molecule has 0 radical (unpaired) electrons. The van der Waals surface area contributed by atoms with Crippen molar-refractivity contribution < 1.29 is 17.4 Å². The lowest BCUT2D eigenvalue weighted by Gasteiger charge is -1.36. The van der Waals surface area contributed by atoms with Gasteiger partial charge in [0.15, 0.2) is 0 Å². The first kappa shape index (κ1) is 9.14. The predicted molar refractivity (Wildman–Crippen MR) is 14.8 cm³/mol. The minimum atomic E-state index is -1.25. The Morgan fingerprint density at radius 3 is 1.33 bits per heavy atom. The van der Waals surface area contributed by atoms with Gasteiger partial charge in [-0.1, -0.05) is 0 Å². The second-order valence-corrected chi connectivity index (χ2v) is 0.258. The summed E-state index contributed by atoms with van der Waals surface area (Å²) in [6.07, 6.45) is 0.250. The maximum Gasteiger partial charge on any atom is 0.373 e. The number of hydrogen-bond acceptors (Lipinski definition) is 3. The molecular formula is CF2O2S. The van der Waals surface area contributed by atoms with Crippen molar-refractivity contribution in [3.63, 3.8) is 0 Å². The minimum Gasteiger partial charge on any atom is -0.186 e. The van der Waals surface area contributed by atoms with E-state index in [0.29, 0.717) is 0 Å². The van der Waals surface area contributed by atoms with E-state index in [0.717, 1.165) is 0 Å². The normalized spacial score (nSPS) is 4.33. The second-order valence-electron chi connectivity index (χ2n) is 0.142. The number of halogens is 2. The van der Waals surface area contributed by atoms with Gasteiger partial charge in [0, 0.05) is 0 Å². The van der Waals surface area contributed by atoms with Gasteiger partial charge in [0.2, 0.25) is 0 Å². The topological polar surface area (TPSA) is 34.1 Å². The Hall–Kier alpha value is -0.410. The van der Waals surface area contributed by atoms with Crippen LogP contribution in [0.3, 0.4) is 0 Å². The van der Waals surface area contributed by atoms with E-state index in [1.807, 2.05) is 0 Å². The summed E-state index contributed by atoms with van der Waals surface area (Å²) in [7, 11) is 0. The van der Waals surface area contributed by atoms with Gasteiger partial charge in [-0.05, 0) is 0 Å². The van der Waals surface area contributed by atoms with Gasteiger partial charge in [-0.15, -0.1) is 7.77 Å². The van der Waals surface area contributed by atoms with Crippen LogP contribution < -0.4 is 0 Å². The summed E-state index contributed by atoms with van der Waals surface area (Å²) in [6.45, 7) is 0. The van der Waals surface area contributed by atoms with Crippen LogP contribution >= 0.6 is 12.5 Å². The molecule has 36 valence electrons. The predicted octanol–water partition coefficient (Wildman–Crippen LogP) is 0.905. The largest absolute Gasteiger partial charge is 0.373 e. The first-order valence-electron chi connectivity index (χ1n) is 0.717. The summed E-state index contributed by atoms with van der Waals surface area (Å²) in [6, 6.07) is 0. The Balaban J connectivity index is 0. The van der Waals surface area contributed by atoms with Crippen LogP contribution in [0.5, 0.6) is 0 Å². The third-order valence-electron chi connectivity index (χ3n) is 0. The Morgan fingerprint density at radius 1 is 1.33 bits per heavy atom. The maximum absolute atomic E-state index is 9.54. The van der Waals surface area contributed by atoms with E-state index in [2.05, 4.69) is 0 Å². The van der Waals surface area contributed by atoms with Crippen molar-refractivity contribution in [2.24, 2.45) is 0 Å². The van der Waals surface area contributed by atoms with Gasteiger partial charge < -0.3 is 0 Å². The SMILES string of the molecule is FSF.O=C=O. The molecule has 0 aliphatic rings. The average molecular weight is 114 g/mol. The molecule has 0 rings (SSSR count). The van der Waals surface area contributed by atoms with Crippen LogP contribution in [0.2, 0.25) is 0 Å². The quantitative estimate of drug-likeness (QED) is 0.469. The van der Waals surface area contributed by atoms with Gasteiger partial charge >= 0.3 is 6.15 Å². The lowest BCUT2D eigenvalue weighted by molar-refractivity contribution is -0.191. The number of hydrogen-bond donors (Lipinski definition) is 0. The fourth-order valence-corrected chi connectivity index (χ4v) is 0. The van der Waals surface area contributed by atoms with Crippen LogP contribution in [0, 0.1) is 0 Å². The van der Waals surface area contributed by atoms with Crippen LogP contribution in [-0.2, 0) is 9.59 Å². The van der Waals surface area contributed by atoms with Crippen molar-refractivity contribution in [1.29, 1.82) is 0 Å². The minimum absolute atomic E-state index is 0.250. The standard InChI is InChI=1S/CO2.F2S/c2-1-3;1-3-2. The molecule has 6 heavy (non-hydrogen) atoms. The molecular weight excluding hydrogens is 114 g/mol. The molecule has 0 aliphatic heterocycles. The van der Waals surface area contributed by atoms with Crippen LogP contribution in [0.4, 0.5) is 7.77 Å².